The van der Waals surface area contributed by atoms with Crippen molar-refractivity contribution in [2.24, 2.45) is 0 Å². The van der Waals surface area contributed by atoms with Gasteiger partial charge in [0.2, 0.25) is 0 Å². The molecule has 28 heavy (non-hydrogen) atoms. The zero-order valence-corrected chi connectivity index (χ0v) is 17.4. The molecule has 0 N–H and O–H groups in total. The lowest BCUT2D eigenvalue weighted by Crippen LogP contribution is -2.04. The van der Waals surface area contributed by atoms with Gasteiger partial charge in [0.05, 0.1) is 11.4 Å². The maximum atomic E-state index is 13.5. The molecule has 0 fully saturated rings. The number of nitrogens with zero attached hydrogens (tertiary/aromatic N) is 3. The van der Waals surface area contributed by atoms with E-state index in [0.717, 1.165) is 45.7 Å². The van der Waals surface area contributed by atoms with Crippen molar-refractivity contribution in [1.29, 1.82) is 0 Å². The zero-order chi connectivity index (χ0) is 19.3. The Morgan fingerprint density at radius 1 is 0.857 bits per heavy atom. The first kappa shape index (κ1) is 18.8. The van der Waals surface area contributed by atoms with E-state index in [1.807, 2.05) is 30.3 Å². The van der Waals surface area contributed by atoms with E-state index in [-0.39, 0.29) is 5.82 Å². The summed E-state index contributed by atoms with van der Waals surface area (Å²) in [7, 11) is 0. The van der Waals surface area contributed by atoms with Crippen molar-refractivity contribution in [3.63, 3.8) is 0 Å². The van der Waals surface area contributed by atoms with Crippen LogP contribution in [-0.2, 0) is 13.0 Å². The first-order chi connectivity index (χ1) is 13.7. The van der Waals surface area contributed by atoms with Crippen LogP contribution in [0, 0.1) is 9.65 Å². The van der Waals surface area contributed by atoms with Gasteiger partial charge >= 0.3 is 0 Å². The minimum Gasteiger partial charge on any atom is -0.319 e. The number of aromatic nitrogens is 3. The molecule has 2 aromatic carbocycles. The molecule has 2 heterocycles. The van der Waals surface area contributed by atoms with Crippen LogP contribution in [0.3, 0.4) is 0 Å². The summed E-state index contributed by atoms with van der Waals surface area (Å²) in [5.74, 6) is -0.237. The minimum atomic E-state index is -0.237. The Kier molecular flexibility index (Phi) is 5.81. The molecule has 0 aliphatic rings. The summed E-state index contributed by atoms with van der Waals surface area (Å²) in [5, 5.41) is 0. The summed E-state index contributed by atoms with van der Waals surface area (Å²) in [5.41, 5.74) is 5.22. The Hall–Kier alpha value is -2.54. The average molecular weight is 483 g/mol. The van der Waals surface area contributed by atoms with E-state index in [1.165, 1.54) is 17.7 Å². The molecular weight excluding hydrogens is 464 g/mol. The maximum absolute atomic E-state index is 13.5. The Morgan fingerprint density at radius 2 is 1.57 bits per heavy atom. The minimum absolute atomic E-state index is 0.237. The van der Waals surface area contributed by atoms with E-state index >= 15 is 0 Å². The van der Waals surface area contributed by atoms with Crippen LogP contribution in [0.4, 0.5) is 4.39 Å². The smallest absolute Gasteiger partial charge is 0.172 e. The van der Waals surface area contributed by atoms with Gasteiger partial charge in [-0.15, -0.1) is 0 Å². The Bertz CT molecular complexity index is 1040. The van der Waals surface area contributed by atoms with Gasteiger partial charge in [-0.05, 0) is 77.4 Å². The number of pyridine rings is 1. The van der Waals surface area contributed by atoms with Crippen LogP contribution in [0.15, 0.2) is 79.1 Å². The van der Waals surface area contributed by atoms with Gasteiger partial charge in [0.1, 0.15) is 5.82 Å². The molecule has 0 saturated carbocycles. The van der Waals surface area contributed by atoms with Crippen LogP contribution in [-0.4, -0.2) is 14.5 Å². The lowest BCUT2D eigenvalue weighted by Gasteiger charge is -2.12. The predicted molar refractivity (Wildman–Crippen MR) is 118 cm³/mol. The molecule has 0 radical (unpaired) electrons. The fourth-order valence-electron chi connectivity index (χ4n) is 3.33. The van der Waals surface area contributed by atoms with E-state index in [0.29, 0.717) is 0 Å². The van der Waals surface area contributed by atoms with Crippen LogP contribution in [0.25, 0.3) is 22.5 Å². The number of aryl methyl sites for hydroxylation is 1. The first-order valence-corrected chi connectivity index (χ1v) is 10.3. The van der Waals surface area contributed by atoms with Gasteiger partial charge in [-0.1, -0.05) is 30.3 Å². The molecule has 0 saturated heterocycles. The van der Waals surface area contributed by atoms with E-state index in [2.05, 4.69) is 56.4 Å². The van der Waals surface area contributed by atoms with Crippen molar-refractivity contribution < 1.29 is 4.39 Å². The van der Waals surface area contributed by atoms with Crippen LogP contribution in [0.1, 0.15) is 12.0 Å². The molecule has 0 atom stereocenters. The molecule has 4 rings (SSSR count). The number of hydrogen-bond donors (Lipinski definition) is 0. The SMILES string of the molecule is Fc1ccc(-c2c(-c3ccncc3)nc(I)n2CCCc2ccccc2)cc1. The zero-order valence-electron chi connectivity index (χ0n) is 15.2. The second kappa shape index (κ2) is 8.65. The number of benzene rings is 2. The Morgan fingerprint density at radius 3 is 2.29 bits per heavy atom. The highest BCUT2D eigenvalue weighted by molar-refractivity contribution is 14.1. The Labute approximate surface area is 177 Å². The largest absolute Gasteiger partial charge is 0.319 e. The van der Waals surface area contributed by atoms with E-state index in [9.17, 15) is 4.39 Å². The molecule has 2 aromatic heterocycles. The quantitative estimate of drug-likeness (QED) is 0.316. The lowest BCUT2D eigenvalue weighted by atomic mass is 10.1. The first-order valence-electron chi connectivity index (χ1n) is 9.18. The predicted octanol–water partition coefficient (Wildman–Crippen LogP) is 5.99. The monoisotopic (exact) mass is 483 g/mol. The molecule has 0 bridgehead atoms. The fraction of sp³-hybridized carbons (Fsp3) is 0.130. The van der Waals surface area contributed by atoms with Crippen LogP contribution >= 0.6 is 22.6 Å². The Balaban J connectivity index is 1.70. The average Bonchev–Trinajstić information content (AvgIpc) is 3.06. The molecule has 4 aromatic rings. The van der Waals surface area contributed by atoms with E-state index < -0.39 is 0 Å². The normalized spacial score (nSPS) is 10.9. The molecule has 0 spiro atoms. The second-order valence-electron chi connectivity index (χ2n) is 6.56. The summed E-state index contributed by atoms with van der Waals surface area (Å²) in [6.45, 7) is 0.845. The van der Waals surface area contributed by atoms with Gasteiger partial charge in [-0.25, -0.2) is 9.37 Å². The summed E-state index contributed by atoms with van der Waals surface area (Å²) in [6, 6.07) is 21.0. The van der Waals surface area contributed by atoms with Crippen LogP contribution in [0.2, 0.25) is 0 Å². The van der Waals surface area contributed by atoms with Crippen molar-refractivity contribution >= 4 is 22.6 Å². The van der Waals surface area contributed by atoms with Crippen molar-refractivity contribution in [3.05, 3.63) is 94.3 Å². The highest BCUT2D eigenvalue weighted by Crippen LogP contribution is 2.33. The molecule has 0 unspecified atom stereocenters. The van der Waals surface area contributed by atoms with E-state index in [4.69, 9.17) is 4.98 Å². The fourth-order valence-corrected chi connectivity index (χ4v) is 4.05. The lowest BCUT2D eigenvalue weighted by molar-refractivity contribution is 0.626. The van der Waals surface area contributed by atoms with Gasteiger partial charge < -0.3 is 4.57 Å². The molecule has 140 valence electrons. The molecule has 3 nitrogen and oxygen atoms in total. The maximum Gasteiger partial charge on any atom is 0.172 e. The van der Waals surface area contributed by atoms with Crippen molar-refractivity contribution in [2.45, 2.75) is 19.4 Å². The van der Waals surface area contributed by atoms with Gasteiger partial charge in [0, 0.05) is 30.1 Å². The van der Waals surface area contributed by atoms with Crippen molar-refractivity contribution in [1.82, 2.24) is 14.5 Å². The molecule has 0 aliphatic heterocycles. The number of rotatable bonds is 6. The molecule has 0 aliphatic carbocycles. The topological polar surface area (TPSA) is 30.7 Å². The third-order valence-electron chi connectivity index (χ3n) is 4.68. The number of imidazole rings is 1. The number of halogens is 2. The third kappa shape index (κ3) is 4.14. The van der Waals surface area contributed by atoms with Crippen LogP contribution in [0.5, 0.6) is 0 Å². The molecule has 0 amide bonds. The van der Waals surface area contributed by atoms with Gasteiger partial charge in [-0.2, -0.15) is 0 Å². The number of hydrogen-bond acceptors (Lipinski definition) is 2. The summed E-state index contributed by atoms with van der Waals surface area (Å²) >= 11 is 2.28. The third-order valence-corrected chi connectivity index (χ3v) is 5.51. The van der Waals surface area contributed by atoms with E-state index in [1.54, 1.807) is 12.4 Å². The van der Waals surface area contributed by atoms with Gasteiger partial charge in [0.15, 0.2) is 3.83 Å². The van der Waals surface area contributed by atoms with Gasteiger partial charge in [-0.3, -0.25) is 4.98 Å². The standard InChI is InChI=1S/C23H19FIN3/c24-20-10-8-19(9-11-20)22-21(18-12-14-26-15-13-18)27-23(25)28(22)16-4-7-17-5-2-1-3-6-17/h1-3,5-6,8-15H,4,7,16H2. The highest BCUT2D eigenvalue weighted by atomic mass is 127. The van der Waals surface area contributed by atoms with Gasteiger partial charge in [0.25, 0.3) is 0 Å². The molecule has 5 heteroatoms. The summed E-state index contributed by atoms with van der Waals surface area (Å²) in [6.07, 6.45) is 5.54. The summed E-state index contributed by atoms with van der Waals surface area (Å²) in [4.78, 5) is 8.94. The summed E-state index contributed by atoms with van der Waals surface area (Å²) < 4.78 is 16.6. The molecular formula is C23H19FIN3. The second-order valence-corrected chi connectivity index (χ2v) is 7.53. The van der Waals surface area contributed by atoms with Crippen molar-refractivity contribution in [2.75, 3.05) is 0 Å². The van der Waals surface area contributed by atoms with Crippen molar-refractivity contribution in [3.8, 4) is 22.5 Å². The van der Waals surface area contributed by atoms with Crippen LogP contribution < -0.4 is 0 Å². The highest BCUT2D eigenvalue weighted by Gasteiger charge is 2.18.